The van der Waals surface area contributed by atoms with Gasteiger partial charge in [0.05, 0.1) is 6.54 Å². The Morgan fingerprint density at radius 1 is 1.12 bits per heavy atom. The van der Waals surface area contributed by atoms with Crippen LogP contribution in [0.4, 0.5) is 5.95 Å². The third-order valence-corrected chi connectivity index (χ3v) is 6.88. The Kier molecular flexibility index (Phi) is 5.48. The van der Waals surface area contributed by atoms with E-state index in [1.54, 1.807) is 7.05 Å². The summed E-state index contributed by atoms with van der Waals surface area (Å²) >= 11 is 5.58. The topological polar surface area (TPSA) is 80.3 Å². The molecule has 1 N–H and O–H groups in total. The molecule has 9 nitrogen and oxygen atoms in total. The number of fused-ring (bicyclic) bond motifs is 1. The molecule has 5 rings (SSSR count). The Morgan fingerprint density at radius 3 is 2.52 bits per heavy atom. The summed E-state index contributed by atoms with van der Waals surface area (Å²) in [4.78, 5) is 34.9. The summed E-state index contributed by atoms with van der Waals surface area (Å²) in [5.41, 5.74) is 2.40. The Morgan fingerprint density at radius 2 is 1.85 bits per heavy atom. The maximum absolute atomic E-state index is 13.2. The largest absolute Gasteiger partial charge is 0.360 e. The molecule has 1 aliphatic carbocycles. The second-order valence-corrected chi connectivity index (χ2v) is 9.45. The number of aryl methyl sites for hydroxylation is 2. The Hall–Kier alpha value is -3.14. The first-order valence-corrected chi connectivity index (χ1v) is 11.8. The van der Waals surface area contributed by atoms with Gasteiger partial charge >= 0.3 is 5.69 Å². The molecule has 10 heteroatoms. The number of hydrogen-bond donors (Lipinski definition) is 1. The summed E-state index contributed by atoms with van der Waals surface area (Å²) < 4.78 is 4.57. The number of nitrogens with one attached hydrogen (secondary N) is 1. The number of piperazine rings is 1. The van der Waals surface area contributed by atoms with Gasteiger partial charge in [-0.1, -0.05) is 29.8 Å². The summed E-state index contributed by atoms with van der Waals surface area (Å²) in [7, 11) is 3.18. The van der Waals surface area contributed by atoms with Gasteiger partial charge in [-0.05, 0) is 37.5 Å². The number of thiocarbonyl (C=S) groups is 1. The number of aromatic nitrogens is 4. The van der Waals surface area contributed by atoms with Crippen LogP contribution in [0, 0.1) is 6.92 Å². The molecule has 0 unspecified atom stereocenters. The molecule has 3 heterocycles. The van der Waals surface area contributed by atoms with E-state index in [1.807, 2.05) is 10.6 Å². The van der Waals surface area contributed by atoms with Crippen molar-refractivity contribution in [3.05, 3.63) is 56.2 Å². The molecule has 2 aliphatic rings. The smallest absolute Gasteiger partial charge is 0.332 e. The number of imidazole rings is 1. The summed E-state index contributed by atoms with van der Waals surface area (Å²) in [5.74, 6) is 0.713. The third kappa shape index (κ3) is 4.03. The number of nitrogens with zero attached hydrogens (tertiary/aromatic N) is 6. The Bertz CT molecular complexity index is 1340. The molecular formula is C23H29N7O2S. The minimum absolute atomic E-state index is 0.326. The van der Waals surface area contributed by atoms with Crippen molar-refractivity contribution in [2.45, 2.75) is 32.4 Å². The SMILES string of the molecule is Cc1cccc(Cn2c(N3CCN(C(=S)NC4CC4)CC3)nc3c2c(=O)n(C)c(=O)n3C)c1. The van der Waals surface area contributed by atoms with E-state index in [4.69, 9.17) is 17.2 Å². The summed E-state index contributed by atoms with van der Waals surface area (Å²) in [5, 5.41) is 4.23. The van der Waals surface area contributed by atoms with Crippen molar-refractivity contribution in [2.75, 3.05) is 31.1 Å². The lowest BCUT2D eigenvalue weighted by Gasteiger charge is -2.36. The molecule has 33 heavy (non-hydrogen) atoms. The zero-order chi connectivity index (χ0) is 23.3. The van der Waals surface area contributed by atoms with Crippen LogP contribution in [0.3, 0.4) is 0 Å². The molecule has 0 atom stereocenters. The molecule has 0 bridgehead atoms. The zero-order valence-electron chi connectivity index (χ0n) is 19.2. The van der Waals surface area contributed by atoms with E-state index < -0.39 is 0 Å². The van der Waals surface area contributed by atoms with Gasteiger partial charge in [0.25, 0.3) is 5.56 Å². The van der Waals surface area contributed by atoms with Crippen molar-refractivity contribution < 1.29 is 0 Å². The van der Waals surface area contributed by atoms with Crippen molar-refractivity contribution in [1.29, 1.82) is 0 Å². The monoisotopic (exact) mass is 467 g/mol. The quantitative estimate of drug-likeness (QED) is 0.573. The summed E-state index contributed by atoms with van der Waals surface area (Å²) in [6.45, 7) is 5.59. The van der Waals surface area contributed by atoms with E-state index in [-0.39, 0.29) is 11.2 Å². The zero-order valence-corrected chi connectivity index (χ0v) is 20.1. The van der Waals surface area contributed by atoms with Crippen LogP contribution in [0.2, 0.25) is 0 Å². The van der Waals surface area contributed by atoms with Gasteiger partial charge in [-0.3, -0.25) is 18.5 Å². The first-order valence-electron chi connectivity index (χ1n) is 11.4. The fourth-order valence-electron chi connectivity index (χ4n) is 4.42. The van der Waals surface area contributed by atoms with Gasteiger partial charge < -0.3 is 15.1 Å². The van der Waals surface area contributed by atoms with Crippen molar-refractivity contribution in [2.24, 2.45) is 14.1 Å². The molecule has 174 valence electrons. The van der Waals surface area contributed by atoms with Crippen LogP contribution in [-0.4, -0.2) is 60.9 Å². The molecule has 0 radical (unpaired) electrons. The lowest BCUT2D eigenvalue weighted by Crippen LogP contribution is -2.52. The number of hydrogen-bond acceptors (Lipinski definition) is 5. The molecule has 1 aliphatic heterocycles. The Labute approximate surface area is 197 Å². The molecule has 0 spiro atoms. The fraction of sp³-hybridized carbons (Fsp3) is 0.478. The summed E-state index contributed by atoms with van der Waals surface area (Å²) in [6.07, 6.45) is 2.38. The molecule has 2 aromatic heterocycles. The standard InChI is InChI=1S/C23H29N7O2S/c1-15-5-4-6-16(13-15)14-30-18-19(26(2)23(32)27(3)20(18)31)25-21(30)28-9-11-29(12-10-28)22(33)24-17-7-8-17/h4-6,13,17H,7-12,14H2,1-3H3,(H,24,33). The lowest BCUT2D eigenvalue weighted by atomic mass is 10.1. The fourth-order valence-corrected chi connectivity index (χ4v) is 4.77. The second-order valence-electron chi connectivity index (χ2n) is 9.06. The van der Waals surface area contributed by atoms with Crippen LogP contribution in [0.1, 0.15) is 24.0 Å². The van der Waals surface area contributed by atoms with Crippen LogP contribution in [0.25, 0.3) is 11.2 Å². The van der Waals surface area contributed by atoms with Crippen LogP contribution < -0.4 is 21.5 Å². The highest BCUT2D eigenvalue weighted by Gasteiger charge is 2.28. The van der Waals surface area contributed by atoms with E-state index in [0.717, 1.165) is 47.0 Å². The predicted octanol–water partition coefficient (Wildman–Crippen LogP) is 0.949. The minimum atomic E-state index is -0.374. The first kappa shape index (κ1) is 21.7. The van der Waals surface area contributed by atoms with Gasteiger partial charge in [0.2, 0.25) is 5.95 Å². The predicted molar refractivity (Wildman–Crippen MR) is 133 cm³/mol. The van der Waals surface area contributed by atoms with Gasteiger partial charge in [-0.25, -0.2) is 4.79 Å². The van der Waals surface area contributed by atoms with E-state index in [1.165, 1.54) is 24.5 Å². The molecule has 1 aromatic carbocycles. The number of anilines is 1. The van der Waals surface area contributed by atoms with Gasteiger partial charge in [0.15, 0.2) is 16.3 Å². The third-order valence-electron chi connectivity index (χ3n) is 6.51. The van der Waals surface area contributed by atoms with Gasteiger partial charge in [0, 0.05) is 46.3 Å². The number of benzene rings is 1. The highest BCUT2D eigenvalue weighted by molar-refractivity contribution is 7.80. The maximum atomic E-state index is 13.2. The van der Waals surface area contributed by atoms with Gasteiger partial charge in [-0.2, -0.15) is 4.98 Å². The van der Waals surface area contributed by atoms with Gasteiger partial charge in [-0.15, -0.1) is 0 Å². The molecule has 0 amide bonds. The van der Waals surface area contributed by atoms with E-state index in [9.17, 15) is 9.59 Å². The van der Waals surface area contributed by atoms with Gasteiger partial charge in [0.1, 0.15) is 0 Å². The molecule has 3 aromatic rings. The second kappa shape index (κ2) is 8.33. The van der Waals surface area contributed by atoms with Crippen molar-refractivity contribution >= 4 is 34.4 Å². The average Bonchev–Trinajstić information content (AvgIpc) is 3.55. The average molecular weight is 468 g/mol. The van der Waals surface area contributed by atoms with E-state index in [0.29, 0.717) is 29.7 Å². The summed E-state index contributed by atoms with van der Waals surface area (Å²) in [6, 6.07) is 8.77. The molecule has 1 saturated carbocycles. The minimum Gasteiger partial charge on any atom is -0.360 e. The highest BCUT2D eigenvalue weighted by Crippen LogP contribution is 2.24. The molecular weight excluding hydrogens is 438 g/mol. The van der Waals surface area contributed by atoms with Crippen molar-refractivity contribution in [3.8, 4) is 0 Å². The van der Waals surface area contributed by atoms with Crippen LogP contribution >= 0.6 is 12.2 Å². The maximum Gasteiger partial charge on any atom is 0.332 e. The van der Waals surface area contributed by atoms with Crippen molar-refractivity contribution in [1.82, 2.24) is 28.9 Å². The molecule has 2 fully saturated rings. The van der Waals surface area contributed by atoms with Crippen molar-refractivity contribution in [3.63, 3.8) is 0 Å². The number of rotatable bonds is 4. The van der Waals surface area contributed by atoms with Crippen LogP contribution in [0.15, 0.2) is 33.9 Å². The van der Waals surface area contributed by atoms with E-state index >= 15 is 0 Å². The Balaban J connectivity index is 1.53. The van der Waals surface area contributed by atoms with Crippen LogP contribution in [-0.2, 0) is 20.6 Å². The van der Waals surface area contributed by atoms with E-state index in [2.05, 4.69) is 40.2 Å². The lowest BCUT2D eigenvalue weighted by molar-refractivity contribution is 0.376. The first-order chi connectivity index (χ1) is 15.8. The molecule has 1 saturated heterocycles. The van der Waals surface area contributed by atoms with Crippen LogP contribution in [0.5, 0.6) is 0 Å². The highest BCUT2D eigenvalue weighted by atomic mass is 32.1. The normalized spacial score (nSPS) is 16.5.